The van der Waals surface area contributed by atoms with E-state index in [2.05, 4.69) is 16.9 Å². The number of nitrogens with two attached hydrogens (primary N) is 1. The summed E-state index contributed by atoms with van der Waals surface area (Å²) in [5.74, 6) is 1.36. The molecule has 1 heterocycles. The average molecular weight is 209 g/mol. The molecule has 1 rings (SSSR count). The molecule has 0 amide bonds. The molecule has 4 heteroatoms. The molecule has 2 N–H and O–H groups in total. The molecular formula is C11H19N3O. The molecule has 0 aliphatic heterocycles. The van der Waals surface area contributed by atoms with Crippen LogP contribution in [0.5, 0.6) is 0 Å². The maximum Gasteiger partial charge on any atom is 0.133 e. The van der Waals surface area contributed by atoms with E-state index in [1.165, 1.54) is 0 Å². The van der Waals surface area contributed by atoms with E-state index in [1.807, 2.05) is 13.8 Å². The third kappa shape index (κ3) is 2.89. The van der Waals surface area contributed by atoms with Gasteiger partial charge in [0.2, 0.25) is 0 Å². The molecule has 0 aliphatic carbocycles. The zero-order chi connectivity index (χ0) is 11.4. The summed E-state index contributed by atoms with van der Waals surface area (Å²) >= 11 is 0. The maximum absolute atomic E-state index is 5.86. The van der Waals surface area contributed by atoms with Gasteiger partial charge in [0.25, 0.3) is 0 Å². The summed E-state index contributed by atoms with van der Waals surface area (Å²) in [6.45, 7) is 6.01. The Morgan fingerprint density at radius 3 is 2.53 bits per heavy atom. The Kier molecular flexibility index (Phi) is 4.03. The van der Waals surface area contributed by atoms with Gasteiger partial charge in [0.05, 0.1) is 6.10 Å². The number of rotatable bonds is 4. The van der Waals surface area contributed by atoms with Crippen molar-refractivity contribution in [2.75, 3.05) is 12.8 Å². The second kappa shape index (κ2) is 5.07. The van der Waals surface area contributed by atoms with E-state index >= 15 is 0 Å². The highest BCUT2D eigenvalue weighted by Crippen LogP contribution is 2.14. The molecule has 0 saturated carbocycles. The van der Waals surface area contributed by atoms with Crippen molar-refractivity contribution in [2.45, 2.75) is 39.7 Å². The molecule has 1 unspecified atom stereocenters. The Labute approximate surface area is 90.9 Å². The molecule has 0 aliphatic rings. The molecule has 0 radical (unpaired) electrons. The van der Waals surface area contributed by atoms with E-state index < -0.39 is 0 Å². The highest BCUT2D eigenvalue weighted by Gasteiger charge is 2.10. The summed E-state index contributed by atoms with van der Waals surface area (Å²) in [7, 11) is 1.68. The molecule has 1 aromatic heterocycles. The molecule has 15 heavy (non-hydrogen) atoms. The van der Waals surface area contributed by atoms with Gasteiger partial charge in [-0.2, -0.15) is 0 Å². The van der Waals surface area contributed by atoms with Crippen LogP contribution in [-0.2, 0) is 17.6 Å². The summed E-state index contributed by atoms with van der Waals surface area (Å²) in [4.78, 5) is 8.70. The Hall–Kier alpha value is -1.16. The van der Waals surface area contributed by atoms with Crippen molar-refractivity contribution in [3.63, 3.8) is 0 Å². The minimum absolute atomic E-state index is 0.122. The van der Waals surface area contributed by atoms with E-state index in [9.17, 15) is 0 Å². The number of aromatic nitrogens is 2. The summed E-state index contributed by atoms with van der Waals surface area (Å²) in [6, 6.07) is 0. The highest BCUT2D eigenvalue weighted by atomic mass is 16.5. The number of anilines is 1. The van der Waals surface area contributed by atoms with Crippen molar-refractivity contribution in [2.24, 2.45) is 0 Å². The van der Waals surface area contributed by atoms with E-state index in [0.29, 0.717) is 12.2 Å². The lowest BCUT2D eigenvalue weighted by Crippen LogP contribution is -2.14. The second-order valence-corrected chi connectivity index (χ2v) is 3.69. The van der Waals surface area contributed by atoms with E-state index in [-0.39, 0.29) is 6.10 Å². The zero-order valence-electron chi connectivity index (χ0n) is 9.87. The molecule has 1 atom stereocenters. The lowest BCUT2D eigenvalue weighted by Gasteiger charge is -2.11. The molecule has 0 bridgehead atoms. The normalized spacial score (nSPS) is 12.8. The topological polar surface area (TPSA) is 61.0 Å². The van der Waals surface area contributed by atoms with E-state index in [0.717, 1.165) is 23.5 Å². The molecular weight excluding hydrogens is 190 g/mol. The fourth-order valence-electron chi connectivity index (χ4n) is 1.55. The van der Waals surface area contributed by atoms with Gasteiger partial charge in [-0.3, -0.25) is 0 Å². The monoisotopic (exact) mass is 209 g/mol. The van der Waals surface area contributed by atoms with E-state index in [4.69, 9.17) is 10.5 Å². The predicted molar refractivity (Wildman–Crippen MR) is 60.7 cm³/mol. The van der Waals surface area contributed by atoms with Crippen molar-refractivity contribution >= 4 is 5.82 Å². The first kappa shape index (κ1) is 11.9. The van der Waals surface area contributed by atoms with Crippen LogP contribution >= 0.6 is 0 Å². The van der Waals surface area contributed by atoms with Gasteiger partial charge in [-0.15, -0.1) is 0 Å². The van der Waals surface area contributed by atoms with Crippen molar-refractivity contribution in [3.8, 4) is 0 Å². The van der Waals surface area contributed by atoms with Crippen LogP contribution in [0, 0.1) is 6.92 Å². The number of hydrogen-bond donors (Lipinski definition) is 1. The Balaban J connectivity index is 2.93. The number of nitrogens with zero attached hydrogens (tertiary/aromatic N) is 2. The number of hydrogen-bond acceptors (Lipinski definition) is 4. The lowest BCUT2D eigenvalue weighted by molar-refractivity contribution is 0.117. The number of aryl methyl sites for hydroxylation is 1. The van der Waals surface area contributed by atoms with Gasteiger partial charge in [-0.25, -0.2) is 9.97 Å². The van der Waals surface area contributed by atoms with Gasteiger partial charge in [-0.05, 0) is 20.3 Å². The summed E-state index contributed by atoms with van der Waals surface area (Å²) < 4.78 is 5.17. The molecule has 84 valence electrons. The SMILES string of the molecule is CCc1c(C)nc(CC(C)OC)nc1N. The average Bonchev–Trinajstić information content (AvgIpc) is 2.17. The first-order valence-electron chi connectivity index (χ1n) is 5.23. The number of methoxy groups -OCH3 is 1. The van der Waals surface area contributed by atoms with Crippen LogP contribution in [0.1, 0.15) is 30.9 Å². The van der Waals surface area contributed by atoms with Crippen LogP contribution < -0.4 is 5.73 Å². The van der Waals surface area contributed by atoms with Gasteiger partial charge < -0.3 is 10.5 Å². The Morgan fingerprint density at radius 1 is 1.40 bits per heavy atom. The zero-order valence-corrected chi connectivity index (χ0v) is 9.87. The van der Waals surface area contributed by atoms with Crippen LogP contribution in [-0.4, -0.2) is 23.2 Å². The molecule has 0 saturated heterocycles. The van der Waals surface area contributed by atoms with Crippen LogP contribution in [0.2, 0.25) is 0 Å². The lowest BCUT2D eigenvalue weighted by atomic mass is 10.1. The van der Waals surface area contributed by atoms with Crippen LogP contribution in [0.25, 0.3) is 0 Å². The number of ether oxygens (including phenoxy) is 1. The fraction of sp³-hybridized carbons (Fsp3) is 0.636. The fourth-order valence-corrected chi connectivity index (χ4v) is 1.55. The van der Waals surface area contributed by atoms with Gasteiger partial charge >= 0.3 is 0 Å². The Morgan fingerprint density at radius 2 is 2.07 bits per heavy atom. The summed E-state index contributed by atoms with van der Waals surface area (Å²) in [6.07, 6.45) is 1.69. The van der Waals surface area contributed by atoms with Crippen molar-refractivity contribution < 1.29 is 4.74 Å². The smallest absolute Gasteiger partial charge is 0.133 e. The van der Waals surface area contributed by atoms with Gasteiger partial charge in [0.15, 0.2) is 0 Å². The maximum atomic E-state index is 5.86. The third-order valence-electron chi connectivity index (χ3n) is 2.52. The summed E-state index contributed by atoms with van der Waals surface area (Å²) in [5.41, 5.74) is 7.88. The van der Waals surface area contributed by atoms with Gasteiger partial charge in [0.1, 0.15) is 11.6 Å². The van der Waals surface area contributed by atoms with Crippen molar-refractivity contribution in [3.05, 3.63) is 17.1 Å². The third-order valence-corrected chi connectivity index (χ3v) is 2.52. The molecule has 0 aromatic carbocycles. The van der Waals surface area contributed by atoms with Crippen molar-refractivity contribution in [1.29, 1.82) is 0 Å². The Bertz CT molecular complexity index is 316. The number of nitrogen functional groups attached to an aromatic ring is 1. The van der Waals surface area contributed by atoms with Crippen LogP contribution in [0.3, 0.4) is 0 Å². The summed E-state index contributed by atoms with van der Waals surface area (Å²) in [5, 5.41) is 0. The molecule has 4 nitrogen and oxygen atoms in total. The molecule has 0 fully saturated rings. The van der Waals surface area contributed by atoms with Crippen LogP contribution in [0.4, 0.5) is 5.82 Å². The first-order valence-corrected chi connectivity index (χ1v) is 5.23. The quantitative estimate of drug-likeness (QED) is 0.816. The minimum Gasteiger partial charge on any atom is -0.383 e. The minimum atomic E-state index is 0.122. The van der Waals surface area contributed by atoms with E-state index in [1.54, 1.807) is 7.11 Å². The van der Waals surface area contributed by atoms with Crippen molar-refractivity contribution in [1.82, 2.24) is 9.97 Å². The standard InChI is InChI=1S/C11H19N3O/c1-5-9-8(3)13-10(14-11(9)12)6-7(2)15-4/h7H,5-6H2,1-4H3,(H2,12,13,14). The van der Waals surface area contributed by atoms with Crippen LogP contribution in [0.15, 0.2) is 0 Å². The largest absolute Gasteiger partial charge is 0.383 e. The second-order valence-electron chi connectivity index (χ2n) is 3.69. The first-order chi connectivity index (χ1) is 7.08. The van der Waals surface area contributed by atoms with Gasteiger partial charge in [-0.1, -0.05) is 6.92 Å². The molecule has 1 aromatic rings. The molecule has 0 spiro atoms. The highest BCUT2D eigenvalue weighted by molar-refractivity contribution is 5.41. The van der Waals surface area contributed by atoms with Gasteiger partial charge in [0, 0.05) is 24.8 Å². The predicted octanol–water partition coefficient (Wildman–Crippen LogP) is 1.51.